The van der Waals surface area contributed by atoms with Crippen molar-refractivity contribution < 1.29 is 47.6 Å². The SMILES string of the molecule is CCOC(=O)C(Cc1cnc(N(C(=O)OC(C)(C)C)C(=O)OC(C)(C)C)c(C)c1)CP(=O)(O)C(NC(=O)OCc1ccccc1)C(C)C. The van der Waals surface area contributed by atoms with Crippen molar-refractivity contribution in [2.75, 3.05) is 17.7 Å². The number of carbonyl (C=O) groups excluding carboxylic acids is 4. The molecule has 0 bridgehead atoms. The van der Waals surface area contributed by atoms with Crippen molar-refractivity contribution in [3.8, 4) is 0 Å². The van der Waals surface area contributed by atoms with Gasteiger partial charge in [-0.1, -0.05) is 50.2 Å². The standard InChI is InChI=1S/C34H50N3O10P/c1-11-44-29(38)26(21-48(42,43)28(22(2)3)36-30(39)45-20-24-15-13-12-14-16-24)18-25-17-23(4)27(35-19-25)37(31(40)46-33(5,6)7)32(41)47-34(8,9)10/h12-17,19,22,26,28H,11,18,20-21H2,1-10H3,(H,36,39)(H,42,43). The highest BCUT2D eigenvalue weighted by Crippen LogP contribution is 2.50. The Labute approximate surface area is 283 Å². The highest BCUT2D eigenvalue weighted by Gasteiger charge is 2.40. The first-order valence-corrected chi connectivity index (χ1v) is 17.7. The van der Waals surface area contributed by atoms with Gasteiger partial charge < -0.3 is 29.2 Å². The van der Waals surface area contributed by atoms with Gasteiger partial charge in [0.2, 0.25) is 7.37 Å². The molecule has 0 aliphatic rings. The second-order valence-electron chi connectivity index (χ2n) is 13.8. The number of nitrogens with zero attached hydrogens (tertiary/aromatic N) is 2. The largest absolute Gasteiger partial charge is 0.466 e. The summed E-state index contributed by atoms with van der Waals surface area (Å²) in [7, 11) is -4.25. The lowest BCUT2D eigenvalue weighted by Gasteiger charge is -2.29. The summed E-state index contributed by atoms with van der Waals surface area (Å²) < 4.78 is 35.2. The minimum absolute atomic E-state index is 0.0275. The van der Waals surface area contributed by atoms with Crippen LogP contribution < -0.4 is 10.2 Å². The van der Waals surface area contributed by atoms with Crippen molar-refractivity contribution in [3.63, 3.8) is 0 Å². The fourth-order valence-electron chi connectivity index (χ4n) is 4.65. The number of rotatable bonds is 12. The number of nitrogens with one attached hydrogen (secondary N) is 1. The molecule has 2 N–H and O–H groups in total. The van der Waals surface area contributed by atoms with E-state index in [-0.39, 0.29) is 25.5 Å². The Kier molecular flexibility index (Phi) is 14.2. The van der Waals surface area contributed by atoms with E-state index in [4.69, 9.17) is 18.9 Å². The second-order valence-corrected chi connectivity index (χ2v) is 16.2. The molecule has 0 saturated carbocycles. The summed E-state index contributed by atoms with van der Waals surface area (Å²) in [6, 6.07) is 10.6. The predicted molar refractivity (Wildman–Crippen MR) is 181 cm³/mol. The zero-order valence-corrected chi connectivity index (χ0v) is 30.5. The molecule has 3 unspecified atom stereocenters. The lowest BCUT2D eigenvalue weighted by atomic mass is 10.0. The van der Waals surface area contributed by atoms with Crippen molar-refractivity contribution in [1.82, 2.24) is 10.3 Å². The van der Waals surface area contributed by atoms with Gasteiger partial charge in [-0.2, -0.15) is 4.90 Å². The van der Waals surface area contributed by atoms with Crippen LogP contribution in [0.2, 0.25) is 0 Å². The normalized spacial score (nSPS) is 14.2. The summed E-state index contributed by atoms with van der Waals surface area (Å²) >= 11 is 0. The van der Waals surface area contributed by atoms with Gasteiger partial charge in [0.15, 0.2) is 5.82 Å². The number of benzene rings is 1. The van der Waals surface area contributed by atoms with E-state index in [1.807, 2.05) is 6.07 Å². The fourth-order valence-corrected chi connectivity index (χ4v) is 7.03. The van der Waals surface area contributed by atoms with E-state index in [0.717, 1.165) is 5.56 Å². The molecular weight excluding hydrogens is 641 g/mol. The van der Waals surface area contributed by atoms with E-state index >= 15 is 0 Å². The number of hydrogen-bond acceptors (Lipinski definition) is 10. The van der Waals surface area contributed by atoms with Gasteiger partial charge in [-0.05, 0) is 84.4 Å². The summed E-state index contributed by atoms with van der Waals surface area (Å²) in [6.07, 6.45) is -2.04. The molecule has 1 aromatic carbocycles. The molecule has 0 aliphatic carbocycles. The average Bonchev–Trinajstić information content (AvgIpc) is 2.94. The van der Waals surface area contributed by atoms with Gasteiger partial charge in [0.05, 0.1) is 12.5 Å². The highest BCUT2D eigenvalue weighted by molar-refractivity contribution is 7.58. The third-order valence-corrected chi connectivity index (χ3v) is 9.16. The second kappa shape index (κ2) is 16.9. The predicted octanol–water partition coefficient (Wildman–Crippen LogP) is 6.97. The van der Waals surface area contributed by atoms with Gasteiger partial charge >= 0.3 is 24.2 Å². The molecule has 0 spiro atoms. The van der Waals surface area contributed by atoms with Gasteiger partial charge in [0.25, 0.3) is 0 Å². The Hall–Kier alpha value is -3.96. The van der Waals surface area contributed by atoms with Crippen molar-refractivity contribution in [2.45, 2.75) is 99.3 Å². The van der Waals surface area contributed by atoms with E-state index in [1.165, 1.54) is 6.20 Å². The maximum absolute atomic E-state index is 13.8. The molecule has 14 heteroatoms. The van der Waals surface area contributed by atoms with E-state index in [9.17, 15) is 28.6 Å². The summed E-state index contributed by atoms with van der Waals surface area (Å²) in [5, 5.41) is 2.52. The molecule has 3 atom stereocenters. The minimum atomic E-state index is -4.25. The molecule has 0 fully saturated rings. The van der Waals surface area contributed by atoms with E-state index in [1.54, 1.807) is 99.6 Å². The zero-order valence-electron chi connectivity index (χ0n) is 29.6. The number of amides is 3. The van der Waals surface area contributed by atoms with Crippen molar-refractivity contribution in [2.24, 2.45) is 11.8 Å². The maximum atomic E-state index is 13.8. The number of alkyl carbamates (subject to hydrolysis) is 1. The van der Waals surface area contributed by atoms with Crippen LogP contribution in [0.25, 0.3) is 0 Å². The lowest BCUT2D eigenvalue weighted by molar-refractivity contribution is -0.147. The maximum Gasteiger partial charge on any atom is 0.425 e. The lowest BCUT2D eigenvalue weighted by Crippen LogP contribution is -2.44. The van der Waals surface area contributed by atoms with Gasteiger partial charge in [-0.25, -0.2) is 19.4 Å². The van der Waals surface area contributed by atoms with Crippen LogP contribution in [0.15, 0.2) is 42.6 Å². The molecule has 266 valence electrons. The number of carbonyl (C=O) groups is 4. The number of pyridine rings is 1. The highest BCUT2D eigenvalue weighted by atomic mass is 31.2. The van der Waals surface area contributed by atoms with Crippen LogP contribution in [-0.4, -0.2) is 63.9 Å². The molecule has 3 amide bonds. The van der Waals surface area contributed by atoms with E-state index in [2.05, 4.69) is 10.3 Å². The number of aromatic nitrogens is 1. The number of anilines is 1. The Morgan fingerprint density at radius 3 is 1.98 bits per heavy atom. The molecule has 2 aromatic rings. The van der Waals surface area contributed by atoms with Gasteiger partial charge in [-0.3, -0.25) is 9.36 Å². The summed E-state index contributed by atoms with van der Waals surface area (Å²) in [4.78, 5) is 68.3. The van der Waals surface area contributed by atoms with Crippen LogP contribution in [0.3, 0.4) is 0 Å². The summed E-state index contributed by atoms with van der Waals surface area (Å²) in [5.74, 6) is -3.53. The molecule has 2 rings (SSSR count). The Bertz CT molecular complexity index is 1440. The van der Waals surface area contributed by atoms with Crippen molar-refractivity contribution >= 4 is 37.4 Å². The Morgan fingerprint density at radius 1 is 0.938 bits per heavy atom. The topological polar surface area (TPSA) is 171 Å². The van der Waals surface area contributed by atoms with Crippen LogP contribution >= 0.6 is 7.37 Å². The number of ether oxygens (including phenoxy) is 4. The molecule has 13 nitrogen and oxygen atoms in total. The number of hydrogen-bond donors (Lipinski definition) is 2. The number of imide groups is 1. The average molecular weight is 692 g/mol. The molecule has 0 radical (unpaired) electrons. The quantitative estimate of drug-likeness (QED) is 0.134. The summed E-state index contributed by atoms with van der Waals surface area (Å²) in [6.45, 7) is 16.5. The van der Waals surface area contributed by atoms with Crippen LogP contribution in [0.4, 0.5) is 20.2 Å². The fraction of sp³-hybridized carbons (Fsp3) is 0.559. The van der Waals surface area contributed by atoms with Gasteiger partial charge in [-0.15, -0.1) is 0 Å². The van der Waals surface area contributed by atoms with Crippen molar-refractivity contribution in [3.05, 3.63) is 59.3 Å². The van der Waals surface area contributed by atoms with E-state index < -0.39 is 66.6 Å². The number of aryl methyl sites for hydroxylation is 1. The third kappa shape index (κ3) is 12.9. The van der Waals surface area contributed by atoms with Crippen LogP contribution in [0.1, 0.15) is 79.0 Å². The first-order chi connectivity index (χ1) is 22.1. The van der Waals surface area contributed by atoms with E-state index in [0.29, 0.717) is 16.0 Å². The van der Waals surface area contributed by atoms with Gasteiger partial charge in [0.1, 0.15) is 23.6 Å². The molecule has 1 aromatic heterocycles. The van der Waals surface area contributed by atoms with Crippen molar-refractivity contribution in [1.29, 1.82) is 0 Å². The molecule has 48 heavy (non-hydrogen) atoms. The smallest absolute Gasteiger partial charge is 0.425 e. The first-order valence-electron chi connectivity index (χ1n) is 15.8. The zero-order chi connectivity index (χ0) is 36.4. The Balaban J connectivity index is 2.35. The van der Waals surface area contributed by atoms with Gasteiger partial charge in [0, 0.05) is 12.4 Å². The van der Waals surface area contributed by atoms with Crippen LogP contribution in [0.5, 0.6) is 0 Å². The molecular formula is C34H50N3O10P. The van der Waals surface area contributed by atoms with Crippen LogP contribution in [0, 0.1) is 18.8 Å². The molecule has 1 heterocycles. The van der Waals surface area contributed by atoms with Crippen LogP contribution in [-0.2, 0) is 41.3 Å². The first kappa shape index (κ1) is 40.2. The summed E-state index contributed by atoms with van der Waals surface area (Å²) in [5.41, 5.74) is -0.241. The molecule has 0 saturated heterocycles. The monoisotopic (exact) mass is 691 g/mol. The molecule has 0 aliphatic heterocycles. The Morgan fingerprint density at radius 2 is 1.50 bits per heavy atom. The minimum Gasteiger partial charge on any atom is -0.466 e. The number of esters is 1. The third-order valence-electron chi connectivity index (χ3n) is 6.60.